The van der Waals surface area contributed by atoms with Crippen molar-refractivity contribution in [1.29, 1.82) is 10.5 Å². The Morgan fingerprint density at radius 2 is 1.69 bits per heavy atom. The van der Waals surface area contributed by atoms with Crippen LogP contribution in [0.15, 0.2) is 21.2 Å². The van der Waals surface area contributed by atoms with E-state index < -0.39 is 0 Å². The third-order valence-electron chi connectivity index (χ3n) is 4.23. The Balaban J connectivity index is 0. The topological polar surface area (TPSA) is 170 Å². The predicted molar refractivity (Wildman–Crippen MR) is 146 cm³/mol. The number of hydrogen-bond donors (Lipinski definition) is 4. The number of Topliss-reactive ketones (excluding diaryl/α,β-unsaturated/α-hetero) is 1. The standard InChI is InChI=1S/C11H14N2O2S.C7H8N2OS.C3H4N2S.C2H4O/c1-3-8(14)6-16-11-9(5-12)7(2)4-10(15)13-11;1-4-2-6(10)9-7(11)5(4)3-8;1-5-2-3(4)6;1-2-3/h7H,3-4,6H2,1-2H3,(H,13,15);4,11H,2H2,1H3,(H,9,10);2H2,(H2,4,6);2H,1H3. The van der Waals surface area contributed by atoms with Crippen molar-refractivity contribution in [3.05, 3.63) is 32.6 Å². The maximum absolute atomic E-state index is 11.3. The van der Waals surface area contributed by atoms with Crippen LogP contribution in [0.2, 0.25) is 0 Å². The van der Waals surface area contributed by atoms with Crippen LogP contribution in [0.4, 0.5) is 0 Å². The Kier molecular flexibility index (Phi) is 19.5. The zero-order chi connectivity index (χ0) is 28.3. The number of hydrogen-bond acceptors (Lipinski definition) is 9. The SMILES string of the molecule is CC1CC(=O)NC(S)=C1C#N.CC=O.CCC(=O)CSC1=C(C#N)C(C)CC(=O)N1.[C-]#[N+]CC(N)=S. The van der Waals surface area contributed by atoms with E-state index in [0.29, 0.717) is 46.2 Å². The fourth-order valence-corrected chi connectivity index (χ4v) is 4.04. The molecule has 0 saturated carbocycles. The highest BCUT2D eigenvalue weighted by atomic mass is 32.2. The van der Waals surface area contributed by atoms with Gasteiger partial charge in [-0.1, -0.05) is 44.8 Å². The van der Waals surface area contributed by atoms with Crippen molar-refractivity contribution in [3.8, 4) is 12.1 Å². The molecule has 0 radical (unpaired) electrons. The van der Waals surface area contributed by atoms with Crippen LogP contribution in [0.1, 0.15) is 47.0 Å². The minimum absolute atomic E-state index is 0.00116. The molecule has 0 saturated heterocycles. The molecule has 2 rings (SSSR count). The van der Waals surface area contributed by atoms with Crippen LogP contribution in [-0.2, 0) is 19.2 Å². The van der Waals surface area contributed by atoms with Crippen molar-refractivity contribution < 1.29 is 19.2 Å². The molecule has 2 aliphatic heterocycles. The minimum atomic E-state index is -0.0852. The molecule has 0 aromatic carbocycles. The van der Waals surface area contributed by atoms with Crippen LogP contribution in [0.5, 0.6) is 0 Å². The molecule has 2 amide bonds. The summed E-state index contributed by atoms with van der Waals surface area (Å²) >= 11 is 9.58. The zero-order valence-electron chi connectivity index (χ0n) is 20.6. The average molecular weight is 551 g/mol. The second-order valence-corrected chi connectivity index (χ2v) is 9.19. The number of carbonyl (C=O) groups excluding carboxylic acids is 4. The van der Waals surface area contributed by atoms with E-state index in [0.717, 1.165) is 6.29 Å². The first-order valence-corrected chi connectivity index (χ1v) is 12.5. The maximum Gasteiger partial charge on any atom is 0.263 e. The molecule has 0 aromatic rings. The lowest BCUT2D eigenvalue weighted by atomic mass is 9.96. The van der Waals surface area contributed by atoms with Gasteiger partial charge in [-0.05, 0) is 6.92 Å². The number of thioether (sulfide) groups is 1. The van der Waals surface area contributed by atoms with Gasteiger partial charge >= 0.3 is 0 Å². The van der Waals surface area contributed by atoms with Crippen molar-refractivity contribution in [2.45, 2.75) is 47.0 Å². The molecular formula is C23H30N6O4S3. The Morgan fingerprint density at radius 1 is 1.22 bits per heavy atom. The minimum Gasteiger partial charge on any atom is -0.387 e. The lowest BCUT2D eigenvalue weighted by Crippen LogP contribution is -2.30. The van der Waals surface area contributed by atoms with Gasteiger partial charge in [-0.15, -0.1) is 12.6 Å². The summed E-state index contributed by atoms with van der Waals surface area (Å²) in [6, 6.07) is 4.11. The van der Waals surface area contributed by atoms with Gasteiger partial charge in [0.15, 0.2) is 4.99 Å². The number of nitrogens with zero attached hydrogens (tertiary/aromatic N) is 3. The number of aldehydes is 1. The van der Waals surface area contributed by atoms with Crippen molar-refractivity contribution in [2.24, 2.45) is 17.6 Å². The van der Waals surface area contributed by atoms with Crippen molar-refractivity contribution in [1.82, 2.24) is 10.6 Å². The molecule has 0 aromatic heterocycles. The summed E-state index contributed by atoms with van der Waals surface area (Å²) in [5, 5.41) is 23.7. The predicted octanol–water partition coefficient (Wildman–Crippen LogP) is 2.79. The number of carbonyl (C=O) groups is 4. The quantitative estimate of drug-likeness (QED) is 0.174. The summed E-state index contributed by atoms with van der Waals surface area (Å²) in [5.74, 6) is 0.213. The molecule has 36 heavy (non-hydrogen) atoms. The van der Waals surface area contributed by atoms with Crippen LogP contribution < -0.4 is 16.4 Å². The number of nitriles is 2. The second-order valence-electron chi connectivity index (χ2n) is 7.23. The van der Waals surface area contributed by atoms with E-state index in [9.17, 15) is 14.4 Å². The Morgan fingerprint density at radius 3 is 2.06 bits per heavy atom. The Hall–Kier alpha value is -3.18. The number of thiol groups is 1. The van der Waals surface area contributed by atoms with Crippen LogP contribution in [-0.4, -0.2) is 41.2 Å². The first-order chi connectivity index (χ1) is 16.9. The first-order valence-electron chi connectivity index (χ1n) is 10.6. The van der Waals surface area contributed by atoms with Gasteiger partial charge in [0.25, 0.3) is 6.54 Å². The molecule has 2 heterocycles. The molecule has 13 heteroatoms. The highest BCUT2D eigenvalue weighted by Crippen LogP contribution is 2.28. The molecule has 0 bridgehead atoms. The third kappa shape index (κ3) is 14.9. The van der Waals surface area contributed by atoms with E-state index in [4.69, 9.17) is 27.6 Å². The number of allylic oxidation sites excluding steroid dienone is 2. The van der Waals surface area contributed by atoms with E-state index in [-0.39, 0.29) is 41.0 Å². The summed E-state index contributed by atoms with van der Waals surface area (Å²) in [6.07, 6.45) is 1.95. The molecule has 0 fully saturated rings. The van der Waals surface area contributed by atoms with E-state index in [1.807, 2.05) is 19.9 Å². The Labute approximate surface area is 227 Å². The molecule has 10 nitrogen and oxygen atoms in total. The van der Waals surface area contributed by atoms with Crippen LogP contribution in [0, 0.1) is 41.1 Å². The van der Waals surface area contributed by atoms with Crippen molar-refractivity contribution in [2.75, 3.05) is 12.3 Å². The summed E-state index contributed by atoms with van der Waals surface area (Å²) in [6.45, 7) is 13.3. The van der Waals surface area contributed by atoms with E-state index in [1.165, 1.54) is 18.7 Å². The van der Waals surface area contributed by atoms with Gasteiger partial charge in [0.05, 0.1) is 39.1 Å². The largest absolute Gasteiger partial charge is 0.387 e. The molecule has 2 atom stereocenters. The molecule has 2 unspecified atom stereocenters. The third-order valence-corrected chi connectivity index (χ3v) is 5.79. The van der Waals surface area contributed by atoms with E-state index in [2.05, 4.69) is 46.4 Å². The van der Waals surface area contributed by atoms with Gasteiger partial charge in [0, 0.05) is 31.1 Å². The molecule has 4 N–H and O–H groups in total. The molecule has 0 spiro atoms. The number of ketones is 1. The van der Waals surface area contributed by atoms with Gasteiger partial charge in [0.1, 0.15) is 12.1 Å². The lowest BCUT2D eigenvalue weighted by molar-refractivity contribution is -0.122. The van der Waals surface area contributed by atoms with Crippen molar-refractivity contribution in [3.63, 3.8) is 0 Å². The highest BCUT2D eigenvalue weighted by molar-refractivity contribution is 8.03. The van der Waals surface area contributed by atoms with Gasteiger partial charge < -0.3 is 26.0 Å². The van der Waals surface area contributed by atoms with Crippen LogP contribution in [0.25, 0.3) is 4.85 Å². The molecular weight excluding hydrogens is 520 g/mol. The van der Waals surface area contributed by atoms with Crippen molar-refractivity contribution >= 4 is 65.5 Å². The molecule has 0 aliphatic carbocycles. The number of amides is 2. The zero-order valence-corrected chi connectivity index (χ0v) is 23.1. The fourth-order valence-electron chi connectivity index (χ4n) is 2.48. The number of nitrogens with two attached hydrogens (primary N) is 1. The number of thiocarbonyl (C=S) groups is 1. The highest BCUT2D eigenvalue weighted by Gasteiger charge is 2.25. The summed E-state index contributed by atoms with van der Waals surface area (Å²) in [4.78, 5) is 45.3. The maximum atomic E-state index is 11.3. The molecule has 194 valence electrons. The lowest BCUT2D eigenvalue weighted by Gasteiger charge is -2.21. The van der Waals surface area contributed by atoms with Gasteiger partial charge in [-0.2, -0.15) is 10.5 Å². The summed E-state index contributed by atoms with van der Waals surface area (Å²) in [5.41, 5.74) is 6.06. The Bertz CT molecular complexity index is 1020. The summed E-state index contributed by atoms with van der Waals surface area (Å²) in [7, 11) is 0. The molecule has 2 aliphatic rings. The summed E-state index contributed by atoms with van der Waals surface area (Å²) < 4.78 is 0. The van der Waals surface area contributed by atoms with Crippen LogP contribution >= 0.6 is 36.6 Å². The monoisotopic (exact) mass is 550 g/mol. The second kappa shape index (κ2) is 20.1. The van der Waals surface area contributed by atoms with Gasteiger partial charge in [0.2, 0.25) is 11.8 Å². The fraction of sp³-hybridized carbons (Fsp3) is 0.478. The number of nitrogens with one attached hydrogen (secondary N) is 2. The first kappa shape index (κ1) is 35.0. The van der Waals surface area contributed by atoms with Gasteiger partial charge in [-0.3, -0.25) is 14.4 Å². The normalized spacial score (nSPS) is 17.9. The average Bonchev–Trinajstić information content (AvgIpc) is 2.78. The smallest absolute Gasteiger partial charge is 0.263 e. The van der Waals surface area contributed by atoms with E-state index >= 15 is 0 Å². The van der Waals surface area contributed by atoms with Crippen LogP contribution in [0.3, 0.4) is 0 Å². The number of rotatable bonds is 5. The van der Waals surface area contributed by atoms with Gasteiger partial charge in [-0.25, -0.2) is 6.57 Å². The van der Waals surface area contributed by atoms with E-state index in [1.54, 1.807) is 6.92 Å².